The average Bonchev–Trinajstić information content (AvgIpc) is 2.22. The van der Waals surface area contributed by atoms with Crippen LogP contribution >= 0.6 is 15.9 Å². The van der Waals surface area contributed by atoms with Gasteiger partial charge in [0, 0.05) is 9.89 Å². The Morgan fingerprint density at radius 3 is 2.41 bits per heavy atom. The number of amides is 1. The first kappa shape index (κ1) is 14.2. The van der Waals surface area contributed by atoms with Crippen LogP contribution in [0, 0.1) is 19.3 Å². The van der Waals surface area contributed by atoms with E-state index in [2.05, 4.69) is 27.3 Å². The molecule has 0 atom stereocenters. The van der Waals surface area contributed by atoms with Crippen LogP contribution in [-0.2, 0) is 4.79 Å². The maximum absolute atomic E-state index is 12.1. The van der Waals surface area contributed by atoms with E-state index in [1.165, 1.54) is 5.56 Å². The standard InChI is InChI=1S/C14H20BrNO/c1-6-14(4,5)13(17)16-12-10(3)7-9(2)8-11(12)15/h7-8H,6H2,1-5H3,(H,16,17). The van der Waals surface area contributed by atoms with Crippen molar-refractivity contribution in [3.63, 3.8) is 0 Å². The molecule has 0 aromatic heterocycles. The zero-order valence-electron chi connectivity index (χ0n) is 11.1. The lowest BCUT2D eigenvalue weighted by Gasteiger charge is -2.23. The van der Waals surface area contributed by atoms with Gasteiger partial charge in [0.15, 0.2) is 0 Å². The number of hydrogen-bond donors (Lipinski definition) is 1. The number of nitrogens with one attached hydrogen (secondary N) is 1. The topological polar surface area (TPSA) is 29.1 Å². The monoisotopic (exact) mass is 297 g/mol. The molecule has 0 spiro atoms. The molecule has 0 saturated carbocycles. The largest absolute Gasteiger partial charge is 0.324 e. The first-order valence-electron chi connectivity index (χ1n) is 5.86. The molecule has 17 heavy (non-hydrogen) atoms. The maximum Gasteiger partial charge on any atom is 0.230 e. The summed E-state index contributed by atoms with van der Waals surface area (Å²) >= 11 is 3.50. The van der Waals surface area contributed by atoms with Crippen LogP contribution in [0.2, 0.25) is 0 Å². The predicted molar refractivity (Wildman–Crippen MR) is 76.3 cm³/mol. The van der Waals surface area contributed by atoms with E-state index < -0.39 is 0 Å². The molecule has 0 aliphatic carbocycles. The number of carbonyl (C=O) groups is 1. The van der Waals surface area contributed by atoms with Crippen LogP contribution in [0.1, 0.15) is 38.3 Å². The number of aryl methyl sites for hydroxylation is 2. The molecule has 2 nitrogen and oxygen atoms in total. The van der Waals surface area contributed by atoms with Crippen LogP contribution in [0.5, 0.6) is 0 Å². The van der Waals surface area contributed by atoms with Crippen LogP contribution in [0.3, 0.4) is 0 Å². The molecule has 0 aliphatic rings. The van der Waals surface area contributed by atoms with Crippen LogP contribution in [0.25, 0.3) is 0 Å². The highest BCUT2D eigenvalue weighted by Crippen LogP contribution is 2.30. The smallest absolute Gasteiger partial charge is 0.230 e. The van der Waals surface area contributed by atoms with Gasteiger partial charge in [0.05, 0.1) is 5.69 Å². The van der Waals surface area contributed by atoms with Gasteiger partial charge in [-0.2, -0.15) is 0 Å². The van der Waals surface area contributed by atoms with Crippen molar-refractivity contribution in [2.24, 2.45) is 5.41 Å². The lowest BCUT2D eigenvalue weighted by Crippen LogP contribution is -2.30. The van der Waals surface area contributed by atoms with Gasteiger partial charge in [-0.3, -0.25) is 4.79 Å². The van der Waals surface area contributed by atoms with Crippen LogP contribution in [-0.4, -0.2) is 5.91 Å². The molecular formula is C14H20BrNO. The van der Waals surface area contributed by atoms with E-state index >= 15 is 0 Å². The quantitative estimate of drug-likeness (QED) is 0.878. The number of halogens is 1. The SMILES string of the molecule is CCC(C)(C)C(=O)Nc1c(C)cc(C)cc1Br. The average molecular weight is 298 g/mol. The van der Waals surface area contributed by atoms with Gasteiger partial charge >= 0.3 is 0 Å². The Kier molecular flexibility index (Phi) is 4.36. The molecule has 0 saturated heterocycles. The first-order chi connectivity index (χ1) is 7.77. The van der Waals surface area contributed by atoms with Crippen LogP contribution in [0.15, 0.2) is 16.6 Å². The fourth-order valence-corrected chi connectivity index (χ4v) is 2.29. The van der Waals surface area contributed by atoms with Crippen molar-refractivity contribution in [2.75, 3.05) is 5.32 Å². The Hall–Kier alpha value is -0.830. The second-order valence-corrected chi connectivity index (χ2v) is 5.98. The summed E-state index contributed by atoms with van der Waals surface area (Å²) in [5, 5.41) is 3.01. The Labute approximate surface area is 112 Å². The highest BCUT2D eigenvalue weighted by Gasteiger charge is 2.26. The maximum atomic E-state index is 12.1. The van der Waals surface area contributed by atoms with E-state index in [0.717, 1.165) is 22.1 Å². The van der Waals surface area contributed by atoms with Crippen molar-refractivity contribution in [1.29, 1.82) is 0 Å². The number of benzene rings is 1. The van der Waals surface area contributed by atoms with Gasteiger partial charge in [0.25, 0.3) is 0 Å². The summed E-state index contributed by atoms with van der Waals surface area (Å²) in [4.78, 5) is 12.1. The Morgan fingerprint density at radius 1 is 1.35 bits per heavy atom. The van der Waals surface area contributed by atoms with Crippen molar-refractivity contribution in [3.05, 3.63) is 27.7 Å². The summed E-state index contributed by atoms with van der Waals surface area (Å²) in [6, 6.07) is 4.08. The molecule has 0 bridgehead atoms. The van der Waals surface area contributed by atoms with Crippen LogP contribution < -0.4 is 5.32 Å². The van der Waals surface area contributed by atoms with Crippen molar-refractivity contribution in [3.8, 4) is 0 Å². The molecular weight excluding hydrogens is 278 g/mol. The van der Waals surface area contributed by atoms with Crippen molar-refractivity contribution >= 4 is 27.5 Å². The molecule has 0 aliphatic heterocycles. The predicted octanol–water partition coefficient (Wildman–Crippen LogP) is 4.44. The van der Waals surface area contributed by atoms with Crippen LogP contribution in [0.4, 0.5) is 5.69 Å². The molecule has 1 rings (SSSR count). The van der Waals surface area contributed by atoms with E-state index in [1.54, 1.807) is 0 Å². The molecule has 3 heteroatoms. The summed E-state index contributed by atoms with van der Waals surface area (Å²) in [5.74, 6) is 0.0626. The molecule has 1 N–H and O–H groups in total. The van der Waals surface area contributed by atoms with Gasteiger partial charge in [-0.1, -0.05) is 26.8 Å². The fourth-order valence-electron chi connectivity index (χ4n) is 1.52. The molecule has 1 amide bonds. The summed E-state index contributed by atoms with van der Waals surface area (Å²) in [6.07, 6.45) is 0.821. The molecule has 94 valence electrons. The van der Waals surface area contributed by atoms with Gasteiger partial charge in [-0.15, -0.1) is 0 Å². The number of hydrogen-bond acceptors (Lipinski definition) is 1. The summed E-state index contributed by atoms with van der Waals surface area (Å²) in [6.45, 7) is 9.99. The molecule has 0 radical (unpaired) electrons. The summed E-state index contributed by atoms with van der Waals surface area (Å²) < 4.78 is 0.940. The van der Waals surface area contributed by atoms with E-state index in [-0.39, 0.29) is 11.3 Å². The first-order valence-corrected chi connectivity index (χ1v) is 6.65. The van der Waals surface area contributed by atoms with E-state index in [9.17, 15) is 4.79 Å². The third-order valence-electron chi connectivity index (χ3n) is 3.17. The van der Waals surface area contributed by atoms with Crippen molar-refractivity contribution in [1.82, 2.24) is 0 Å². The normalized spacial score (nSPS) is 11.4. The van der Waals surface area contributed by atoms with Gasteiger partial charge in [-0.05, 0) is 53.4 Å². The molecule has 1 aromatic rings. The van der Waals surface area contributed by atoms with E-state index in [1.807, 2.05) is 40.7 Å². The summed E-state index contributed by atoms with van der Waals surface area (Å²) in [7, 11) is 0. The number of anilines is 1. The zero-order valence-corrected chi connectivity index (χ0v) is 12.7. The van der Waals surface area contributed by atoms with Gasteiger partial charge in [-0.25, -0.2) is 0 Å². The third kappa shape index (κ3) is 3.32. The minimum Gasteiger partial charge on any atom is -0.324 e. The highest BCUT2D eigenvalue weighted by molar-refractivity contribution is 9.10. The lowest BCUT2D eigenvalue weighted by atomic mass is 9.89. The fraction of sp³-hybridized carbons (Fsp3) is 0.500. The second-order valence-electron chi connectivity index (χ2n) is 5.13. The highest BCUT2D eigenvalue weighted by atomic mass is 79.9. The van der Waals surface area contributed by atoms with Gasteiger partial charge in [0.1, 0.15) is 0 Å². The minimum absolute atomic E-state index is 0.0626. The number of carbonyl (C=O) groups excluding carboxylic acids is 1. The molecule has 1 aromatic carbocycles. The Balaban J connectivity index is 3.01. The van der Waals surface area contributed by atoms with Gasteiger partial charge < -0.3 is 5.32 Å². The Bertz CT molecular complexity index is 415. The van der Waals surface area contributed by atoms with E-state index in [0.29, 0.717) is 0 Å². The van der Waals surface area contributed by atoms with Gasteiger partial charge in [0.2, 0.25) is 5.91 Å². The Morgan fingerprint density at radius 2 is 1.94 bits per heavy atom. The number of rotatable bonds is 3. The lowest BCUT2D eigenvalue weighted by molar-refractivity contribution is -0.124. The third-order valence-corrected chi connectivity index (χ3v) is 3.79. The summed E-state index contributed by atoms with van der Waals surface area (Å²) in [5.41, 5.74) is 2.80. The van der Waals surface area contributed by atoms with Crippen molar-refractivity contribution in [2.45, 2.75) is 41.0 Å². The second kappa shape index (κ2) is 5.21. The van der Waals surface area contributed by atoms with E-state index in [4.69, 9.17) is 0 Å². The molecule has 0 unspecified atom stereocenters. The van der Waals surface area contributed by atoms with Crippen molar-refractivity contribution < 1.29 is 4.79 Å². The molecule has 0 fully saturated rings. The molecule has 0 heterocycles. The minimum atomic E-state index is -0.337. The zero-order chi connectivity index (χ0) is 13.2.